The van der Waals surface area contributed by atoms with Crippen LogP contribution in [0.1, 0.15) is 29.1 Å². The fourth-order valence-electron chi connectivity index (χ4n) is 10.2. The molecule has 260 valence electrons. The van der Waals surface area contributed by atoms with Crippen molar-refractivity contribution in [2.45, 2.75) is 5.41 Å². The Hall–Kier alpha value is -6.94. The van der Waals surface area contributed by atoms with Crippen molar-refractivity contribution < 1.29 is 6.85 Å². The van der Waals surface area contributed by atoms with E-state index in [-0.39, 0.29) is 29.9 Å². The van der Waals surface area contributed by atoms with E-state index in [1.807, 2.05) is 16.7 Å². The fourth-order valence-corrected chi connectivity index (χ4v) is 11.4. The summed E-state index contributed by atoms with van der Waals surface area (Å²) in [5, 5.41) is 6.61. The monoisotopic (exact) mass is 733 g/mol. The van der Waals surface area contributed by atoms with Crippen LogP contribution in [0.15, 0.2) is 194 Å². The van der Waals surface area contributed by atoms with Crippen molar-refractivity contribution in [2.24, 2.45) is 0 Å². The summed E-state index contributed by atoms with van der Waals surface area (Å²) in [7, 11) is 0. The van der Waals surface area contributed by atoms with Gasteiger partial charge < -0.3 is 9.47 Å². The van der Waals surface area contributed by atoms with Crippen LogP contribution in [0.4, 0.5) is 17.1 Å². The maximum atomic E-state index is 9.37. The second-order valence-electron chi connectivity index (χ2n) is 14.8. The van der Waals surface area contributed by atoms with Crippen LogP contribution >= 0.6 is 11.3 Å². The topological polar surface area (TPSA) is 8.17 Å². The lowest BCUT2D eigenvalue weighted by Crippen LogP contribution is -2.30. The molecule has 3 heteroatoms. The van der Waals surface area contributed by atoms with E-state index in [1.54, 1.807) is 11.3 Å². The van der Waals surface area contributed by atoms with Crippen LogP contribution in [-0.2, 0) is 5.41 Å². The van der Waals surface area contributed by atoms with Crippen molar-refractivity contribution in [1.29, 1.82) is 0 Å². The molecule has 2 aliphatic rings. The van der Waals surface area contributed by atoms with E-state index in [0.717, 1.165) is 60.8 Å². The molecule has 0 atom stereocenters. The minimum atomic E-state index is -0.704. The lowest BCUT2D eigenvalue weighted by molar-refractivity contribution is 0.783. The Morgan fingerprint density at radius 3 is 1.91 bits per heavy atom. The molecule has 13 rings (SSSR count). The van der Waals surface area contributed by atoms with Crippen LogP contribution in [0.5, 0.6) is 0 Å². The average molecular weight is 734 g/mol. The maximum Gasteiger partial charge on any atom is 0.0726 e. The van der Waals surface area contributed by atoms with E-state index in [2.05, 4.69) is 157 Å². The Bertz CT molecular complexity index is 3660. The summed E-state index contributed by atoms with van der Waals surface area (Å²) < 4.78 is 49.3. The first kappa shape index (κ1) is 26.0. The third-order valence-corrected chi connectivity index (χ3v) is 13.4. The highest BCUT2D eigenvalue weighted by molar-refractivity contribution is 7.25. The summed E-state index contributed by atoms with van der Waals surface area (Å²) in [4.78, 5) is 2.32. The molecule has 2 aliphatic carbocycles. The highest BCUT2D eigenvalue weighted by atomic mass is 32.1. The molecule has 2 heterocycles. The van der Waals surface area contributed by atoms with Crippen molar-refractivity contribution in [3.05, 3.63) is 216 Å². The number of hydrogen-bond donors (Lipinski definition) is 0. The quantitative estimate of drug-likeness (QED) is 0.175. The van der Waals surface area contributed by atoms with Crippen molar-refractivity contribution in [2.75, 3.05) is 4.90 Å². The van der Waals surface area contributed by atoms with E-state index in [0.29, 0.717) is 0 Å². The highest BCUT2D eigenvalue weighted by Gasteiger charge is 2.50. The lowest BCUT2D eigenvalue weighted by atomic mass is 9.63. The molecule has 9 aromatic carbocycles. The molecule has 0 fully saturated rings. The number of benzene rings is 9. The SMILES string of the molecule is [2H]c1c([2H])c([2H])c(-n2c3cccc4c3c3c5c(cccc5c(N(c5ccccc5)c5ccc6c(c5)sc5ccccc56)cc32)C42c3ccccc3-c3ccccc32)c([2H])c1[2H]. The molecule has 2 aromatic heterocycles. The lowest BCUT2D eigenvalue weighted by Gasteiger charge is -2.38. The molecular weight excluding hydrogens is 697 g/mol. The maximum absolute atomic E-state index is 9.37. The van der Waals surface area contributed by atoms with Crippen molar-refractivity contribution in [1.82, 2.24) is 4.57 Å². The molecule has 0 aliphatic heterocycles. The van der Waals surface area contributed by atoms with Gasteiger partial charge in [-0.25, -0.2) is 0 Å². The fraction of sp³-hybridized carbons (Fsp3) is 0.0189. The van der Waals surface area contributed by atoms with Crippen LogP contribution in [-0.4, -0.2) is 4.57 Å². The summed E-state index contributed by atoms with van der Waals surface area (Å²) in [6, 6.07) is 56.8. The zero-order valence-electron chi connectivity index (χ0n) is 34.9. The van der Waals surface area contributed by atoms with E-state index in [4.69, 9.17) is 4.11 Å². The first-order valence-corrected chi connectivity index (χ1v) is 19.8. The second-order valence-corrected chi connectivity index (χ2v) is 15.9. The predicted octanol–water partition coefficient (Wildman–Crippen LogP) is 14.5. The Kier molecular flexibility index (Phi) is 5.13. The zero-order chi connectivity index (χ0) is 40.9. The van der Waals surface area contributed by atoms with Crippen LogP contribution in [0.2, 0.25) is 0 Å². The van der Waals surface area contributed by atoms with Crippen LogP contribution < -0.4 is 4.90 Å². The number of rotatable bonds is 4. The molecule has 11 aromatic rings. The van der Waals surface area contributed by atoms with E-state index in [1.165, 1.54) is 42.4 Å². The number of fused-ring (bicyclic) bond motifs is 10. The molecule has 0 N–H and O–H groups in total. The van der Waals surface area contributed by atoms with Crippen LogP contribution in [0.25, 0.3) is 69.6 Å². The molecule has 0 amide bonds. The van der Waals surface area contributed by atoms with Gasteiger partial charge in [-0.05, 0) is 93.3 Å². The van der Waals surface area contributed by atoms with Crippen LogP contribution in [0.3, 0.4) is 0 Å². The summed E-state index contributed by atoms with van der Waals surface area (Å²) in [6.45, 7) is 0. The predicted molar refractivity (Wildman–Crippen MR) is 237 cm³/mol. The normalized spacial score (nSPS) is 14.8. The van der Waals surface area contributed by atoms with Gasteiger partial charge in [-0.3, -0.25) is 0 Å². The zero-order valence-corrected chi connectivity index (χ0v) is 30.7. The Balaban J connectivity index is 1.25. The third-order valence-electron chi connectivity index (χ3n) is 12.2. The number of para-hydroxylation sites is 2. The minimum absolute atomic E-state index is 0.132. The molecule has 0 saturated heterocycles. The first-order chi connectivity index (χ1) is 29.9. The smallest absolute Gasteiger partial charge is 0.0726 e. The summed E-state index contributed by atoms with van der Waals surface area (Å²) in [5.41, 5.74) is 10.9. The van der Waals surface area contributed by atoms with Gasteiger partial charge in [-0.2, -0.15) is 0 Å². The molecule has 0 bridgehead atoms. The number of thiophene rings is 1. The molecule has 0 unspecified atom stereocenters. The Morgan fingerprint density at radius 1 is 0.464 bits per heavy atom. The number of nitrogens with zero attached hydrogens (tertiary/aromatic N) is 2. The van der Waals surface area contributed by atoms with Gasteiger partial charge in [0.25, 0.3) is 0 Å². The van der Waals surface area contributed by atoms with E-state index >= 15 is 0 Å². The number of hydrogen-bond acceptors (Lipinski definition) is 2. The Labute approximate surface area is 334 Å². The minimum Gasteiger partial charge on any atom is -0.310 e. The van der Waals surface area contributed by atoms with E-state index < -0.39 is 11.5 Å². The third kappa shape index (κ3) is 3.75. The molecular formula is C53H32N2S. The average Bonchev–Trinajstić information content (AvgIpc) is 3.94. The van der Waals surface area contributed by atoms with Gasteiger partial charge in [0.1, 0.15) is 0 Å². The van der Waals surface area contributed by atoms with Gasteiger partial charge in [0, 0.05) is 53.4 Å². The number of anilines is 3. The molecule has 2 nitrogen and oxygen atoms in total. The molecule has 0 saturated carbocycles. The summed E-state index contributed by atoms with van der Waals surface area (Å²) >= 11 is 1.79. The van der Waals surface area contributed by atoms with Gasteiger partial charge in [0.2, 0.25) is 0 Å². The van der Waals surface area contributed by atoms with Crippen molar-refractivity contribution in [3.63, 3.8) is 0 Å². The second kappa shape index (κ2) is 11.1. The summed E-state index contributed by atoms with van der Waals surface area (Å²) in [6.07, 6.45) is 0. The van der Waals surface area contributed by atoms with Gasteiger partial charge in [-0.1, -0.05) is 139 Å². The number of aromatic nitrogens is 1. The molecule has 56 heavy (non-hydrogen) atoms. The van der Waals surface area contributed by atoms with Crippen LogP contribution in [0, 0.1) is 0 Å². The van der Waals surface area contributed by atoms with E-state index in [9.17, 15) is 2.74 Å². The van der Waals surface area contributed by atoms with Gasteiger partial charge in [-0.15, -0.1) is 11.3 Å². The first-order valence-electron chi connectivity index (χ1n) is 21.4. The Morgan fingerprint density at radius 2 is 1.11 bits per heavy atom. The van der Waals surface area contributed by atoms with Crippen molar-refractivity contribution >= 4 is 81.1 Å². The van der Waals surface area contributed by atoms with Gasteiger partial charge in [0.15, 0.2) is 0 Å². The molecule has 0 radical (unpaired) electrons. The highest BCUT2D eigenvalue weighted by Crippen LogP contribution is 2.63. The van der Waals surface area contributed by atoms with Gasteiger partial charge >= 0.3 is 0 Å². The van der Waals surface area contributed by atoms with Gasteiger partial charge in [0.05, 0.1) is 29.0 Å². The summed E-state index contributed by atoms with van der Waals surface area (Å²) in [5.74, 6) is 0. The largest absolute Gasteiger partial charge is 0.310 e. The van der Waals surface area contributed by atoms with Crippen molar-refractivity contribution in [3.8, 4) is 16.8 Å². The molecule has 1 spiro atoms. The standard InChI is InChI=1S/C53H32N2S/c1-3-15-33(16-4-1)54(35-29-30-39-38-21-9-12-28-48(38)56-49(39)31-35)46-32-47-52-50-40(46)22-13-25-43(50)53(41-23-10-7-19-36(41)37-20-8-11-24-42(37)53)44-26-14-27-45(51(44)52)55(47)34-17-5-2-6-18-34/h1-32H/i2D,5D,6D,17D,18D.